The van der Waals surface area contributed by atoms with Gasteiger partial charge in [-0.2, -0.15) is 0 Å². The van der Waals surface area contributed by atoms with E-state index in [0.29, 0.717) is 0 Å². The molecule has 0 saturated heterocycles. The standard InChI is InChI=1S/2C21H23.C6H11BN2O2.2ClH.Hf/c2*1-4-5-9-17-13-18-10-7-12-20(21(18)14-17)19-11-6-8-15(2)16(19)3;1-3-5(10)8-7-9-6(11)4-2;;;/h2*6-8,10-14H,4-5,9H2,1-3H3;3-4H2,1-2H3,(H-,8,9,10,11);2*1H;/q;;;;;+1/p-1. The van der Waals surface area contributed by atoms with Gasteiger partial charge >= 0.3 is 346 Å². The van der Waals surface area contributed by atoms with Crippen molar-refractivity contribution in [3.05, 3.63) is 128 Å². The number of hydrogen-bond donors (Lipinski definition) is 2. The molecule has 4 aromatic rings. The molecule has 56 heavy (non-hydrogen) atoms. The van der Waals surface area contributed by atoms with Crippen LogP contribution >= 0.6 is 17.2 Å². The van der Waals surface area contributed by atoms with Gasteiger partial charge in [0.15, 0.2) is 0 Å². The van der Waals surface area contributed by atoms with Gasteiger partial charge in [0.1, 0.15) is 0 Å². The van der Waals surface area contributed by atoms with Crippen molar-refractivity contribution in [3.63, 3.8) is 0 Å². The second-order valence-corrected chi connectivity index (χ2v) is 46.6. The van der Waals surface area contributed by atoms with E-state index in [-0.39, 0.29) is 32.0 Å². The predicted molar refractivity (Wildman–Crippen MR) is 238 cm³/mol. The molecule has 0 saturated carbocycles. The molecule has 2 N–H and O–H groups in total. The summed E-state index contributed by atoms with van der Waals surface area (Å²) in [6.07, 6.45) is 10.8. The van der Waals surface area contributed by atoms with Crippen LogP contribution in [0.5, 0.6) is 0 Å². The molecule has 4 aromatic carbocycles. The van der Waals surface area contributed by atoms with Crippen molar-refractivity contribution in [3.8, 4) is 22.3 Å². The minimum atomic E-state index is -6.18. The number of unbranched alkanes of at least 4 members (excludes halogenated alkanes) is 2. The number of amides is 2. The van der Waals surface area contributed by atoms with Crippen molar-refractivity contribution in [2.45, 2.75) is 114 Å². The molecule has 0 aromatic heterocycles. The van der Waals surface area contributed by atoms with E-state index in [9.17, 15) is 9.59 Å². The van der Waals surface area contributed by atoms with Gasteiger partial charge in [-0.05, 0) is 0 Å². The Kier molecular flexibility index (Phi) is 13.1. The molecule has 0 heterocycles. The average Bonchev–Trinajstić information content (AvgIpc) is 3.78. The molecule has 2 amide bonds. The number of hydrogen-bond acceptors (Lipinski definition) is 2. The van der Waals surface area contributed by atoms with Crippen LogP contribution in [0.25, 0.3) is 34.4 Å². The van der Waals surface area contributed by atoms with E-state index in [4.69, 9.17) is 17.2 Å². The summed E-state index contributed by atoms with van der Waals surface area (Å²) in [4.78, 5) is 27.5. The predicted octanol–water partition coefficient (Wildman–Crippen LogP) is 13.2. The van der Waals surface area contributed by atoms with Crippen molar-refractivity contribution in [1.82, 2.24) is 10.5 Å². The molecule has 0 bridgehead atoms. The second-order valence-electron chi connectivity index (χ2n) is 16.1. The number of aryl methyl sites for hydroxylation is 2. The van der Waals surface area contributed by atoms with Crippen LogP contribution in [0.1, 0.15) is 131 Å². The van der Waals surface area contributed by atoms with E-state index >= 15 is 0 Å². The molecule has 0 radical (unpaired) electrons. The van der Waals surface area contributed by atoms with Crippen LogP contribution in [0.15, 0.2) is 83.9 Å². The maximum atomic E-state index is 13.8. The van der Waals surface area contributed by atoms with Crippen molar-refractivity contribution < 1.29 is 25.5 Å². The summed E-state index contributed by atoms with van der Waals surface area (Å²) in [5, 5.41) is 6.63. The number of halogens is 2. The molecule has 2 aliphatic carbocycles. The van der Waals surface area contributed by atoms with Gasteiger partial charge in [0.2, 0.25) is 0 Å². The number of nitrogens with one attached hydrogen (secondary N) is 2. The van der Waals surface area contributed by atoms with Crippen molar-refractivity contribution in [2.75, 3.05) is 0 Å². The van der Waals surface area contributed by atoms with E-state index in [1.165, 1.54) is 44.5 Å². The summed E-state index contributed by atoms with van der Waals surface area (Å²) in [5.74, 6) is -0.364. The van der Waals surface area contributed by atoms with Crippen LogP contribution in [0.4, 0.5) is 0 Å². The Morgan fingerprint density at radius 2 is 0.964 bits per heavy atom. The molecule has 4 nitrogen and oxygen atoms in total. The molecule has 8 heteroatoms. The Labute approximate surface area is 344 Å². The van der Waals surface area contributed by atoms with Gasteiger partial charge in [0.25, 0.3) is 0 Å². The van der Waals surface area contributed by atoms with E-state index in [2.05, 4.69) is 137 Å². The van der Waals surface area contributed by atoms with Gasteiger partial charge in [0.05, 0.1) is 0 Å². The molecule has 2 aliphatic rings. The minimum absolute atomic E-state index is 0.182. The van der Waals surface area contributed by atoms with Crippen LogP contribution < -0.4 is 10.5 Å². The van der Waals surface area contributed by atoms with Crippen molar-refractivity contribution in [2.24, 2.45) is 0 Å². The fraction of sp³-hybridized carbons (Fsp3) is 0.375. The zero-order chi connectivity index (χ0) is 40.4. The summed E-state index contributed by atoms with van der Waals surface area (Å²) in [6, 6.07) is 26.1. The van der Waals surface area contributed by atoms with Crippen molar-refractivity contribution >= 4 is 45.7 Å². The summed E-state index contributed by atoms with van der Waals surface area (Å²) in [6.45, 7) is 16.8. The zero-order valence-electron chi connectivity index (χ0n) is 34.5. The van der Waals surface area contributed by atoms with E-state index < -0.39 is 20.5 Å². The van der Waals surface area contributed by atoms with Crippen molar-refractivity contribution in [1.29, 1.82) is 0 Å². The van der Waals surface area contributed by atoms with Crippen LogP contribution in [0.3, 0.4) is 0 Å². The maximum absolute atomic E-state index is 13.8. The Morgan fingerprint density at radius 3 is 1.34 bits per heavy atom. The SMILES string of the molecule is CCCCC1=Cc2c(-c3cccc(C)c3C)cccc2[CH]1[Hf]([Cl])([Cl])([B](NC(=O)CC)NC(=O)CC)[CH]1C(CCCC)=Cc2c(-c3cccc(C)c3C)cccc21. The number of fused-ring (bicyclic) bond motifs is 2. The molecule has 293 valence electrons. The molecule has 0 aliphatic heterocycles. The molecule has 0 spiro atoms. The van der Waals surface area contributed by atoms with E-state index in [0.717, 1.165) is 71.9 Å². The average molecular weight is 955 g/mol. The first-order valence-electron chi connectivity index (χ1n) is 20.8. The third kappa shape index (κ3) is 7.60. The monoisotopic (exact) mass is 955 g/mol. The summed E-state index contributed by atoms with van der Waals surface area (Å²) in [7, 11) is 17.9. The van der Waals surface area contributed by atoms with Gasteiger partial charge in [-0.25, -0.2) is 0 Å². The normalized spacial score (nSPS) is 16.6. The van der Waals surface area contributed by atoms with Gasteiger partial charge in [-0.3, -0.25) is 0 Å². The third-order valence-corrected chi connectivity index (χ3v) is 41.2. The van der Waals surface area contributed by atoms with Gasteiger partial charge in [-0.1, -0.05) is 0 Å². The van der Waals surface area contributed by atoms with Crippen LogP contribution in [-0.4, -0.2) is 16.4 Å². The Balaban J connectivity index is 1.72. The number of allylic oxidation sites excluding steroid dienone is 2. The van der Waals surface area contributed by atoms with E-state index in [1.54, 1.807) is 0 Å². The van der Waals surface area contributed by atoms with Gasteiger partial charge in [0, 0.05) is 0 Å². The fourth-order valence-electron chi connectivity index (χ4n) is 9.32. The van der Waals surface area contributed by atoms with Gasteiger partial charge < -0.3 is 0 Å². The second kappa shape index (κ2) is 17.4. The Morgan fingerprint density at radius 1 is 0.589 bits per heavy atom. The molecular weight excluding hydrogens is 897 g/mol. The summed E-state index contributed by atoms with van der Waals surface area (Å²) < 4.78 is -1.66. The van der Waals surface area contributed by atoms with Gasteiger partial charge in [-0.15, -0.1) is 0 Å². The topological polar surface area (TPSA) is 58.2 Å². The molecule has 2 unspecified atom stereocenters. The first-order valence-corrected chi connectivity index (χ1v) is 35.9. The fourth-order valence-corrected chi connectivity index (χ4v) is 39.1. The number of rotatable bonds is 15. The molecular formula is C48H58BCl2HfN2O2. The van der Waals surface area contributed by atoms with Crippen LogP contribution in [0.2, 0.25) is 0 Å². The number of carbonyl (C=O) groups is 2. The van der Waals surface area contributed by atoms with Crippen LogP contribution in [-0.2, 0) is 25.5 Å². The molecule has 0 fully saturated rings. The van der Waals surface area contributed by atoms with E-state index in [1.807, 2.05) is 13.8 Å². The summed E-state index contributed by atoms with van der Waals surface area (Å²) >= 11 is -6.18. The third-order valence-electron chi connectivity index (χ3n) is 12.6. The number of benzene rings is 4. The first-order chi connectivity index (χ1) is 26.8. The quantitative estimate of drug-likeness (QED) is 0.117. The molecule has 6 rings (SSSR count). The first kappa shape index (κ1) is 42.4. The Hall–Kier alpha value is -3.18. The number of carbonyl (C=O) groups excluding carboxylic acids is 2. The summed E-state index contributed by atoms with van der Waals surface area (Å²) in [5.41, 5.74) is 16.6. The zero-order valence-corrected chi connectivity index (χ0v) is 39.6. The molecule has 2 atom stereocenters. The van der Waals surface area contributed by atoms with Crippen LogP contribution in [0, 0.1) is 27.7 Å². The Bertz CT molecular complexity index is 2080.